The molecule has 0 saturated carbocycles. The molecule has 1 aromatic rings. The fourth-order valence-electron chi connectivity index (χ4n) is 1.32. The van der Waals surface area contributed by atoms with Crippen molar-refractivity contribution in [2.24, 2.45) is 5.73 Å². The molecule has 0 bridgehead atoms. The minimum Gasteiger partial charge on any atom is -0.317 e. The summed E-state index contributed by atoms with van der Waals surface area (Å²) < 4.78 is 39.5. The molecule has 0 unspecified atom stereocenters. The number of nitrogens with two attached hydrogens (primary N) is 1. The normalized spacial score (nSPS) is 15.4. The average molecular weight is 282 g/mol. The Morgan fingerprint density at radius 1 is 1.47 bits per heavy atom. The minimum atomic E-state index is -2.80. The van der Waals surface area contributed by atoms with Crippen LogP contribution in [0.1, 0.15) is 18.9 Å². The lowest BCUT2D eigenvalue weighted by Gasteiger charge is -2.28. The Hall–Kier alpha value is -0.550. The second-order valence-electron chi connectivity index (χ2n) is 3.32. The molecule has 0 aliphatic rings. The number of hydrogen-bond donors (Lipinski definition) is 1. The molecule has 15 heavy (non-hydrogen) atoms. The van der Waals surface area contributed by atoms with Gasteiger partial charge in [-0.05, 0) is 24.6 Å². The molecule has 1 rings (SSSR count). The minimum absolute atomic E-state index is 0.0297. The van der Waals surface area contributed by atoms with E-state index in [9.17, 15) is 13.2 Å². The molecular weight excluding hydrogens is 271 g/mol. The molecule has 0 radical (unpaired) electrons. The Morgan fingerprint density at radius 2 is 2.07 bits per heavy atom. The van der Waals surface area contributed by atoms with E-state index in [1.165, 1.54) is 19.1 Å². The van der Waals surface area contributed by atoms with Crippen molar-refractivity contribution in [1.29, 1.82) is 0 Å². The van der Waals surface area contributed by atoms with Gasteiger partial charge in [0.25, 0.3) is 6.43 Å². The highest BCUT2D eigenvalue weighted by atomic mass is 79.9. The molecule has 0 spiro atoms. The van der Waals surface area contributed by atoms with E-state index in [0.29, 0.717) is 4.47 Å². The van der Waals surface area contributed by atoms with Crippen LogP contribution in [0.4, 0.5) is 13.2 Å². The van der Waals surface area contributed by atoms with Crippen molar-refractivity contribution >= 4 is 15.9 Å². The Labute approximate surface area is 94.6 Å². The molecule has 84 valence electrons. The summed E-state index contributed by atoms with van der Waals surface area (Å²) in [5.41, 5.74) is 3.44. The number of alkyl halides is 2. The van der Waals surface area contributed by atoms with Crippen LogP contribution in [0.25, 0.3) is 0 Å². The van der Waals surface area contributed by atoms with Crippen LogP contribution in [-0.2, 0) is 5.54 Å². The third kappa shape index (κ3) is 2.34. The lowest BCUT2D eigenvalue weighted by atomic mass is 9.88. The van der Waals surface area contributed by atoms with Crippen molar-refractivity contribution in [2.45, 2.75) is 25.3 Å². The maximum atomic E-state index is 13.4. The number of rotatable bonds is 3. The van der Waals surface area contributed by atoms with Gasteiger partial charge >= 0.3 is 0 Å². The third-order valence-electron chi connectivity index (χ3n) is 2.40. The van der Waals surface area contributed by atoms with Gasteiger partial charge in [0.1, 0.15) is 11.4 Å². The number of benzene rings is 1. The highest BCUT2D eigenvalue weighted by Gasteiger charge is 2.38. The summed E-state index contributed by atoms with van der Waals surface area (Å²) in [7, 11) is 0. The van der Waals surface area contributed by atoms with E-state index in [4.69, 9.17) is 5.73 Å². The van der Waals surface area contributed by atoms with Crippen LogP contribution in [0.2, 0.25) is 0 Å². The molecule has 0 aliphatic carbocycles. The van der Waals surface area contributed by atoms with Crippen LogP contribution in [0.15, 0.2) is 22.7 Å². The van der Waals surface area contributed by atoms with Crippen molar-refractivity contribution in [3.8, 4) is 0 Å². The molecule has 0 heterocycles. The molecule has 1 aromatic carbocycles. The first kappa shape index (κ1) is 12.5. The molecule has 5 heteroatoms. The van der Waals surface area contributed by atoms with E-state index in [-0.39, 0.29) is 12.0 Å². The van der Waals surface area contributed by atoms with Crippen molar-refractivity contribution in [1.82, 2.24) is 0 Å². The summed E-state index contributed by atoms with van der Waals surface area (Å²) in [6, 6.07) is 3.87. The Bertz CT molecular complexity index is 357. The van der Waals surface area contributed by atoms with Crippen LogP contribution in [-0.4, -0.2) is 6.43 Å². The van der Waals surface area contributed by atoms with Crippen LogP contribution in [0.5, 0.6) is 0 Å². The lowest BCUT2D eigenvalue weighted by molar-refractivity contribution is 0.0472. The summed E-state index contributed by atoms with van der Waals surface area (Å²) in [4.78, 5) is 0. The smallest absolute Gasteiger partial charge is 0.260 e. The molecule has 0 fully saturated rings. The quantitative estimate of drug-likeness (QED) is 0.903. The third-order valence-corrected chi connectivity index (χ3v) is 2.90. The molecule has 1 atom stereocenters. The maximum absolute atomic E-state index is 13.4. The monoisotopic (exact) mass is 281 g/mol. The molecule has 0 saturated heterocycles. The lowest BCUT2D eigenvalue weighted by Crippen LogP contribution is -2.44. The Morgan fingerprint density at radius 3 is 2.53 bits per heavy atom. The standard InChI is InChI=1S/C10H11BrF3N/c1-2-10(15,9(13)14)7-5-6(11)3-4-8(7)12/h3-5,9H,2,15H2,1H3/t10-/m0/s1. The van der Waals surface area contributed by atoms with E-state index in [0.717, 1.165) is 6.07 Å². The highest BCUT2D eigenvalue weighted by Crippen LogP contribution is 2.32. The first-order valence-electron chi connectivity index (χ1n) is 4.44. The van der Waals surface area contributed by atoms with Gasteiger partial charge < -0.3 is 5.73 Å². The number of halogens is 4. The molecule has 2 N–H and O–H groups in total. The van der Waals surface area contributed by atoms with Crippen molar-refractivity contribution in [3.63, 3.8) is 0 Å². The summed E-state index contributed by atoms with van der Waals surface area (Å²) in [5, 5.41) is 0. The first-order chi connectivity index (χ1) is 6.91. The second-order valence-corrected chi connectivity index (χ2v) is 4.23. The molecule has 1 nitrogen and oxygen atoms in total. The van der Waals surface area contributed by atoms with Gasteiger partial charge in [-0.15, -0.1) is 0 Å². The van der Waals surface area contributed by atoms with Gasteiger partial charge in [0.15, 0.2) is 0 Å². The molecular formula is C10H11BrF3N. The zero-order valence-electron chi connectivity index (χ0n) is 8.11. The zero-order valence-corrected chi connectivity index (χ0v) is 9.69. The van der Waals surface area contributed by atoms with Gasteiger partial charge in [-0.1, -0.05) is 22.9 Å². The van der Waals surface area contributed by atoms with Crippen LogP contribution in [0, 0.1) is 5.82 Å². The largest absolute Gasteiger partial charge is 0.317 e. The summed E-state index contributed by atoms with van der Waals surface area (Å²) >= 11 is 3.10. The van der Waals surface area contributed by atoms with Crippen LogP contribution < -0.4 is 5.73 Å². The Balaban J connectivity index is 3.29. The molecule has 0 aliphatic heterocycles. The number of hydrogen-bond acceptors (Lipinski definition) is 1. The predicted octanol–water partition coefficient (Wildman–Crippen LogP) is 3.42. The van der Waals surface area contributed by atoms with E-state index in [1.807, 2.05) is 0 Å². The van der Waals surface area contributed by atoms with Gasteiger partial charge in [-0.25, -0.2) is 13.2 Å². The van der Waals surface area contributed by atoms with Gasteiger partial charge in [0, 0.05) is 10.0 Å². The van der Waals surface area contributed by atoms with Gasteiger partial charge in [-0.3, -0.25) is 0 Å². The molecule has 0 amide bonds. The van der Waals surface area contributed by atoms with E-state index < -0.39 is 17.8 Å². The fraction of sp³-hybridized carbons (Fsp3) is 0.400. The zero-order chi connectivity index (χ0) is 11.6. The van der Waals surface area contributed by atoms with Gasteiger partial charge in [-0.2, -0.15) is 0 Å². The predicted molar refractivity (Wildman–Crippen MR) is 56.3 cm³/mol. The van der Waals surface area contributed by atoms with Crippen molar-refractivity contribution in [3.05, 3.63) is 34.1 Å². The summed E-state index contributed by atoms with van der Waals surface area (Å²) in [5.74, 6) is -0.706. The van der Waals surface area contributed by atoms with E-state index in [2.05, 4.69) is 15.9 Å². The van der Waals surface area contributed by atoms with Crippen molar-refractivity contribution < 1.29 is 13.2 Å². The summed E-state index contributed by atoms with van der Waals surface area (Å²) in [6.07, 6.45) is -2.83. The topological polar surface area (TPSA) is 26.0 Å². The van der Waals surface area contributed by atoms with Crippen LogP contribution in [0.3, 0.4) is 0 Å². The molecule has 0 aromatic heterocycles. The highest BCUT2D eigenvalue weighted by molar-refractivity contribution is 9.10. The summed E-state index contributed by atoms with van der Waals surface area (Å²) in [6.45, 7) is 1.51. The van der Waals surface area contributed by atoms with Gasteiger partial charge in [0.2, 0.25) is 0 Å². The second kappa shape index (κ2) is 4.53. The van der Waals surface area contributed by atoms with E-state index >= 15 is 0 Å². The Kier molecular flexibility index (Phi) is 3.78. The maximum Gasteiger partial charge on any atom is 0.260 e. The average Bonchev–Trinajstić information content (AvgIpc) is 2.20. The fourth-order valence-corrected chi connectivity index (χ4v) is 1.68. The van der Waals surface area contributed by atoms with Gasteiger partial charge in [0.05, 0.1) is 0 Å². The SMILES string of the molecule is CC[C@](N)(c1cc(Br)ccc1F)C(F)F. The van der Waals surface area contributed by atoms with Crippen molar-refractivity contribution in [2.75, 3.05) is 0 Å². The van der Waals surface area contributed by atoms with Crippen LogP contribution >= 0.6 is 15.9 Å². The van der Waals surface area contributed by atoms with E-state index in [1.54, 1.807) is 0 Å². The first-order valence-corrected chi connectivity index (χ1v) is 5.23.